The van der Waals surface area contributed by atoms with Crippen molar-refractivity contribution in [1.29, 1.82) is 0 Å². The minimum Gasteiger partial charge on any atom is -0.349 e. The third-order valence-corrected chi connectivity index (χ3v) is 8.56. The van der Waals surface area contributed by atoms with E-state index in [9.17, 15) is 4.79 Å². The molecule has 0 radical (unpaired) electrons. The molecule has 0 bridgehead atoms. The lowest BCUT2D eigenvalue weighted by Crippen LogP contribution is -2.36. The first kappa shape index (κ1) is 23.2. The predicted octanol–water partition coefficient (Wildman–Crippen LogP) is 6.24. The Morgan fingerprint density at radius 2 is 2.03 bits per heavy atom. The van der Waals surface area contributed by atoms with E-state index < -0.39 is 0 Å². The minimum absolute atomic E-state index is 0.0803. The highest BCUT2D eigenvalue weighted by Gasteiger charge is 2.34. The number of aryl methyl sites for hydroxylation is 1. The van der Waals surface area contributed by atoms with Crippen molar-refractivity contribution in [3.8, 4) is 0 Å². The second-order valence-corrected chi connectivity index (χ2v) is 11.6. The Kier molecular flexibility index (Phi) is 6.89. The molecule has 2 aliphatic rings. The molecule has 2 aliphatic carbocycles. The van der Waals surface area contributed by atoms with E-state index in [1.165, 1.54) is 29.7 Å². The van der Waals surface area contributed by atoms with E-state index >= 15 is 0 Å². The standard InChI is InChI=1S/C26H38N4OS/c1-6-30-17(2)18(16-28-30)15-27-25-23(24(31)29-20-10-8-7-9-11-20)21-13-12-19(26(3,4)5)14-22(21)32-25/h15-16,19-20H,6-14H2,1-5H3,(H,29,31)/t19-/m0/s1. The first-order valence-electron chi connectivity index (χ1n) is 12.3. The summed E-state index contributed by atoms with van der Waals surface area (Å²) in [5, 5.41) is 8.65. The number of hydrogen-bond donors (Lipinski definition) is 1. The van der Waals surface area contributed by atoms with Crippen molar-refractivity contribution in [1.82, 2.24) is 15.1 Å². The van der Waals surface area contributed by atoms with Crippen molar-refractivity contribution in [3.05, 3.63) is 33.5 Å². The van der Waals surface area contributed by atoms with E-state index in [1.807, 2.05) is 17.1 Å². The summed E-state index contributed by atoms with van der Waals surface area (Å²) in [6.45, 7) is 12.0. The molecule has 0 aromatic carbocycles. The quantitative estimate of drug-likeness (QED) is 0.544. The van der Waals surface area contributed by atoms with Gasteiger partial charge in [-0.25, -0.2) is 4.99 Å². The Morgan fingerprint density at radius 1 is 1.28 bits per heavy atom. The van der Waals surface area contributed by atoms with E-state index in [0.717, 1.165) is 60.5 Å². The van der Waals surface area contributed by atoms with Crippen LogP contribution in [0.5, 0.6) is 0 Å². The normalized spacial score (nSPS) is 20.0. The van der Waals surface area contributed by atoms with Crippen molar-refractivity contribution < 1.29 is 4.79 Å². The number of fused-ring (bicyclic) bond motifs is 1. The van der Waals surface area contributed by atoms with Crippen molar-refractivity contribution in [2.45, 2.75) is 98.6 Å². The Labute approximate surface area is 196 Å². The van der Waals surface area contributed by atoms with Crippen molar-refractivity contribution in [2.75, 3.05) is 0 Å². The highest BCUT2D eigenvalue weighted by Crippen LogP contribution is 2.45. The van der Waals surface area contributed by atoms with Crippen LogP contribution in [0.2, 0.25) is 0 Å². The van der Waals surface area contributed by atoms with E-state index in [0.29, 0.717) is 12.0 Å². The monoisotopic (exact) mass is 454 g/mol. The smallest absolute Gasteiger partial charge is 0.254 e. The summed E-state index contributed by atoms with van der Waals surface area (Å²) in [6.07, 6.45) is 12.8. The molecule has 1 amide bonds. The predicted molar refractivity (Wildman–Crippen MR) is 134 cm³/mol. The van der Waals surface area contributed by atoms with Crippen molar-refractivity contribution in [3.63, 3.8) is 0 Å². The van der Waals surface area contributed by atoms with Gasteiger partial charge < -0.3 is 5.32 Å². The second kappa shape index (κ2) is 9.50. The Morgan fingerprint density at radius 3 is 2.69 bits per heavy atom. The van der Waals surface area contributed by atoms with Crippen LogP contribution in [0.4, 0.5) is 5.00 Å². The zero-order chi connectivity index (χ0) is 22.9. The van der Waals surface area contributed by atoms with Gasteiger partial charge in [0.1, 0.15) is 5.00 Å². The third kappa shape index (κ3) is 4.85. The Balaban J connectivity index is 1.66. The average Bonchev–Trinajstić information content (AvgIpc) is 3.31. The number of amides is 1. The molecule has 1 fully saturated rings. The van der Waals surface area contributed by atoms with Gasteiger partial charge in [-0.1, -0.05) is 40.0 Å². The number of aromatic nitrogens is 2. The largest absolute Gasteiger partial charge is 0.349 e. The maximum atomic E-state index is 13.5. The van der Waals surface area contributed by atoms with Crippen molar-refractivity contribution >= 4 is 28.5 Å². The molecule has 5 nitrogen and oxygen atoms in total. The fourth-order valence-electron chi connectivity index (χ4n) is 5.17. The van der Waals surface area contributed by atoms with Crippen LogP contribution in [-0.2, 0) is 19.4 Å². The summed E-state index contributed by atoms with van der Waals surface area (Å²) >= 11 is 1.72. The van der Waals surface area contributed by atoms with Gasteiger partial charge in [-0.2, -0.15) is 5.10 Å². The molecule has 1 atom stereocenters. The third-order valence-electron chi connectivity index (χ3n) is 7.40. The first-order chi connectivity index (χ1) is 15.3. The van der Waals surface area contributed by atoms with E-state index in [4.69, 9.17) is 4.99 Å². The fourth-order valence-corrected chi connectivity index (χ4v) is 6.44. The van der Waals surface area contributed by atoms with Crippen LogP contribution >= 0.6 is 11.3 Å². The summed E-state index contributed by atoms with van der Waals surface area (Å²) in [4.78, 5) is 19.7. The van der Waals surface area contributed by atoms with Gasteiger partial charge in [0.15, 0.2) is 0 Å². The number of rotatable bonds is 5. The molecule has 4 rings (SSSR count). The van der Waals surface area contributed by atoms with Gasteiger partial charge in [-0.15, -0.1) is 11.3 Å². The molecular formula is C26H38N4OS. The lowest BCUT2D eigenvalue weighted by Gasteiger charge is -2.34. The van der Waals surface area contributed by atoms with E-state index in [1.54, 1.807) is 11.3 Å². The molecule has 6 heteroatoms. The molecule has 0 aliphatic heterocycles. The summed E-state index contributed by atoms with van der Waals surface area (Å²) in [5.74, 6) is 0.724. The van der Waals surface area contributed by atoms with Gasteiger partial charge in [0.25, 0.3) is 5.91 Å². The molecule has 32 heavy (non-hydrogen) atoms. The Hall–Kier alpha value is -1.95. The molecular weight excluding hydrogens is 416 g/mol. The van der Waals surface area contributed by atoms with E-state index in [-0.39, 0.29) is 11.3 Å². The SMILES string of the molecule is CCn1ncc(C=Nc2sc3c(c2C(=O)NC2CCCCC2)CC[C@H](C(C)(C)C)C3)c1C. The van der Waals surface area contributed by atoms with E-state index in [2.05, 4.69) is 45.0 Å². The maximum Gasteiger partial charge on any atom is 0.254 e. The van der Waals surface area contributed by atoms with Gasteiger partial charge in [-0.3, -0.25) is 9.48 Å². The topological polar surface area (TPSA) is 59.3 Å². The molecule has 2 aromatic rings. The molecule has 0 spiro atoms. The zero-order valence-corrected chi connectivity index (χ0v) is 21.1. The van der Waals surface area contributed by atoms with Crippen LogP contribution in [-0.4, -0.2) is 27.9 Å². The van der Waals surface area contributed by atoms with Crippen LogP contribution in [0.1, 0.15) is 98.3 Å². The molecule has 2 heterocycles. The van der Waals surface area contributed by atoms with Gasteiger partial charge >= 0.3 is 0 Å². The number of aliphatic imine (C=N–C) groups is 1. The lowest BCUT2D eigenvalue weighted by molar-refractivity contribution is 0.0927. The zero-order valence-electron chi connectivity index (χ0n) is 20.3. The number of thiophene rings is 1. The summed E-state index contributed by atoms with van der Waals surface area (Å²) < 4.78 is 1.98. The fraction of sp³-hybridized carbons (Fsp3) is 0.654. The highest BCUT2D eigenvalue weighted by atomic mass is 32.1. The molecule has 174 valence electrons. The minimum atomic E-state index is 0.0803. The van der Waals surface area contributed by atoms with Crippen LogP contribution < -0.4 is 5.32 Å². The highest BCUT2D eigenvalue weighted by molar-refractivity contribution is 7.16. The second-order valence-electron chi connectivity index (χ2n) is 10.6. The maximum absolute atomic E-state index is 13.5. The lowest BCUT2D eigenvalue weighted by atomic mass is 9.72. The molecule has 1 N–H and O–H groups in total. The summed E-state index contributed by atoms with van der Waals surface area (Å²) in [7, 11) is 0. The van der Waals surface area contributed by atoms with Gasteiger partial charge in [0, 0.05) is 34.9 Å². The van der Waals surface area contributed by atoms with Gasteiger partial charge in [0.2, 0.25) is 0 Å². The number of hydrogen-bond acceptors (Lipinski definition) is 4. The summed E-state index contributed by atoms with van der Waals surface area (Å²) in [5.41, 5.74) is 4.49. The number of carbonyl (C=O) groups is 1. The van der Waals surface area contributed by atoms with Crippen LogP contribution in [0, 0.1) is 18.3 Å². The van der Waals surface area contributed by atoms with Crippen LogP contribution in [0.15, 0.2) is 11.2 Å². The average molecular weight is 455 g/mol. The number of nitrogens with one attached hydrogen (secondary N) is 1. The number of carbonyl (C=O) groups excluding carboxylic acids is 1. The first-order valence-corrected chi connectivity index (χ1v) is 13.1. The number of nitrogens with zero attached hydrogens (tertiary/aromatic N) is 3. The van der Waals surface area contributed by atoms with Crippen LogP contribution in [0.3, 0.4) is 0 Å². The molecule has 2 aromatic heterocycles. The van der Waals surface area contributed by atoms with Crippen LogP contribution in [0.25, 0.3) is 0 Å². The van der Waals surface area contributed by atoms with Gasteiger partial charge in [0.05, 0.1) is 11.8 Å². The molecule has 0 unspecified atom stereocenters. The molecule has 0 saturated heterocycles. The molecule has 1 saturated carbocycles. The van der Waals surface area contributed by atoms with Crippen molar-refractivity contribution in [2.24, 2.45) is 16.3 Å². The summed E-state index contributed by atoms with van der Waals surface area (Å²) in [6, 6.07) is 0.305. The Bertz CT molecular complexity index is 988. The van der Waals surface area contributed by atoms with Gasteiger partial charge in [-0.05, 0) is 62.8 Å².